The van der Waals surface area contributed by atoms with Gasteiger partial charge in [-0.05, 0) is 24.8 Å². The molecule has 1 atom stereocenters. The third-order valence-corrected chi connectivity index (χ3v) is 4.44. The molecule has 2 aliphatic rings. The Morgan fingerprint density at radius 3 is 2.71 bits per heavy atom. The van der Waals surface area contributed by atoms with Crippen molar-refractivity contribution < 1.29 is 9.53 Å². The smallest absolute Gasteiger partial charge is 0.317 e. The van der Waals surface area contributed by atoms with E-state index in [-0.39, 0.29) is 12.1 Å². The summed E-state index contributed by atoms with van der Waals surface area (Å²) in [5.41, 5.74) is 1.19. The van der Waals surface area contributed by atoms with E-state index in [9.17, 15) is 4.79 Å². The molecule has 3 rings (SSSR count). The van der Waals surface area contributed by atoms with Crippen LogP contribution in [-0.4, -0.2) is 36.2 Å². The SMILES string of the molecule is O=C(NC1CCCC1)N1CCC(OCc2ccccc2)C1. The minimum absolute atomic E-state index is 0.0905. The number of hydrogen-bond donors (Lipinski definition) is 1. The lowest BCUT2D eigenvalue weighted by Crippen LogP contribution is -2.43. The summed E-state index contributed by atoms with van der Waals surface area (Å²) in [4.78, 5) is 14.1. The molecule has 4 heteroatoms. The lowest BCUT2D eigenvalue weighted by Gasteiger charge is -2.20. The molecule has 1 unspecified atom stereocenters. The Balaban J connectivity index is 1.41. The van der Waals surface area contributed by atoms with Gasteiger partial charge in [0.05, 0.1) is 12.7 Å². The molecule has 0 radical (unpaired) electrons. The van der Waals surface area contributed by atoms with Gasteiger partial charge >= 0.3 is 6.03 Å². The average Bonchev–Trinajstić information content (AvgIpc) is 3.17. The summed E-state index contributed by atoms with van der Waals surface area (Å²) < 4.78 is 5.92. The van der Waals surface area contributed by atoms with Crippen LogP contribution in [0.2, 0.25) is 0 Å². The van der Waals surface area contributed by atoms with Gasteiger partial charge in [0.25, 0.3) is 0 Å². The number of benzene rings is 1. The number of nitrogens with zero attached hydrogens (tertiary/aromatic N) is 1. The van der Waals surface area contributed by atoms with E-state index in [1.165, 1.54) is 18.4 Å². The lowest BCUT2D eigenvalue weighted by molar-refractivity contribution is 0.0486. The molecule has 0 aromatic heterocycles. The first kappa shape index (κ1) is 14.4. The number of ether oxygens (including phenoxy) is 1. The third-order valence-electron chi connectivity index (χ3n) is 4.44. The number of carbonyl (C=O) groups excluding carboxylic acids is 1. The first-order chi connectivity index (χ1) is 10.3. The minimum atomic E-state index is 0.0905. The van der Waals surface area contributed by atoms with Crippen molar-refractivity contribution in [3.63, 3.8) is 0 Å². The summed E-state index contributed by atoms with van der Waals surface area (Å²) in [7, 11) is 0. The highest BCUT2D eigenvalue weighted by Gasteiger charge is 2.28. The zero-order valence-corrected chi connectivity index (χ0v) is 12.5. The van der Waals surface area contributed by atoms with Crippen molar-refractivity contribution in [1.82, 2.24) is 10.2 Å². The average molecular weight is 288 g/mol. The zero-order valence-electron chi connectivity index (χ0n) is 12.5. The van der Waals surface area contributed by atoms with Gasteiger partial charge in [-0.1, -0.05) is 43.2 Å². The highest BCUT2D eigenvalue weighted by Crippen LogP contribution is 2.19. The molecule has 1 aliphatic heterocycles. The lowest BCUT2D eigenvalue weighted by atomic mass is 10.2. The topological polar surface area (TPSA) is 41.6 Å². The van der Waals surface area contributed by atoms with Crippen molar-refractivity contribution in [1.29, 1.82) is 0 Å². The van der Waals surface area contributed by atoms with E-state index in [0.717, 1.165) is 25.8 Å². The molecule has 1 saturated carbocycles. The summed E-state index contributed by atoms with van der Waals surface area (Å²) in [6.45, 7) is 2.15. The van der Waals surface area contributed by atoms with E-state index < -0.39 is 0 Å². The van der Waals surface area contributed by atoms with E-state index in [0.29, 0.717) is 19.2 Å². The van der Waals surface area contributed by atoms with Gasteiger partial charge in [-0.3, -0.25) is 0 Å². The van der Waals surface area contributed by atoms with Crippen LogP contribution in [-0.2, 0) is 11.3 Å². The maximum absolute atomic E-state index is 12.2. The van der Waals surface area contributed by atoms with Gasteiger partial charge in [0.15, 0.2) is 0 Å². The molecule has 2 amide bonds. The van der Waals surface area contributed by atoms with Crippen LogP contribution in [0, 0.1) is 0 Å². The number of nitrogens with one attached hydrogen (secondary N) is 1. The van der Waals surface area contributed by atoms with E-state index in [2.05, 4.69) is 17.4 Å². The number of carbonyl (C=O) groups is 1. The molecule has 0 bridgehead atoms. The second kappa shape index (κ2) is 6.94. The Bertz CT molecular complexity index is 457. The predicted molar refractivity (Wildman–Crippen MR) is 82.0 cm³/mol. The maximum Gasteiger partial charge on any atom is 0.317 e. The summed E-state index contributed by atoms with van der Waals surface area (Å²) in [6.07, 6.45) is 5.85. The van der Waals surface area contributed by atoms with E-state index in [1.807, 2.05) is 23.1 Å². The number of rotatable bonds is 4. The second-order valence-corrected chi connectivity index (χ2v) is 6.08. The van der Waals surface area contributed by atoms with Gasteiger partial charge in [-0.2, -0.15) is 0 Å². The van der Waals surface area contributed by atoms with Gasteiger partial charge in [0, 0.05) is 19.1 Å². The normalized spacial score (nSPS) is 22.7. The van der Waals surface area contributed by atoms with Crippen molar-refractivity contribution in [2.45, 2.75) is 50.9 Å². The number of likely N-dealkylation sites (tertiary alicyclic amines) is 1. The zero-order chi connectivity index (χ0) is 14.5. The molecule has 1 saturated heterocycles. The fraction of sp³-hybridized carbons (Fsp3) is 0.588. The second-order valence-electron chi connectivity index (χ2n) is 6.08. The Labute approximate surface area is 126 Å². The number of amides is 2. The minimum Gasteiger partial charge on any atom is -0.372 e. The Morgan fingerprint density at radius 1 is 1.19 bits per heavy atom. The van der Waals surface area contributed by atoms with Crippen molar-refractivity contribution >= 4 is 6.03 Å². The number of urea groups is 1. The van der Waals surface area contributed by atoms with Gasteiger partial charge < -0.3 is 15.0 Å². The molecule has 1 N–H and O–H groups in total. The summed E-state index contributed by atoms with van der Waals surface area (Å²) in [5, 5.41) is 3.15. The molecule has 114 valence electrons. The Morgan fingerprint density at radius 2 is 1.95 bits per heavy atom. The fourth-order valence-electron chi connectivity index (χ4n) is 3.17. The van der Waals surface area contributed by atoms with Crippen molar-refractivity contribution in [3.8, 4) is 0 Å². The molecule has 1 aliphatic carbocycles. The van der Waals surface area contributed by atoms with Gasteiger partial charge in [0.2, 0.25) is 0 Å². The largest absolute Gasteiger partial charge is 0.372 e. The van der Waals surface area contributed by atoms with Crippen LogP contribution in [0.3, 0.4) is 0 Å². The van der Waals surface area contributed by atoms with Crippen molar-refractivity contribution in [2.24, 2.45) is 0 Å². The van der Waals surface area contributed by atoms with Crippen LogP contribution in [0.5, 0.6) is 0 Å². The molecule has 1 aromatic rings. The Hall–Kier alpha value is -1.55. The molecule has 2 fully saturated rings. The van der Waals surface area contributed by atoms with Gasteiger partial charge in [-0.15, -0.1) is 0 Å². The third kappa shape index (κ3) is 3.97. The molecule has 1 aromatic carbocycles. The van der Waals surface area contributed by atoms with Crippen LogP contribution in [0.25, 0.3) is 0 Å². The molecule has 21 heavy (non-hydrogen) atoms. The molecule has 4 nitrogen and oxygen atoms in total. The van der Waals surface area contributed by atoms with Crippen molar-refractivity contribution in [2.75, 3.05) is 13.1 Å². The first-order valence-electron chi connectivity index (χ1n) is 8.02. The van der Waals surface area contributed by atoms with Crippen molar-refractivity contribution in [3.05, 3.63) is 35.9 Å². The first-order valence-corrected chi connectivity index (χ1v) is 8.02. The van der Waals surface area contributed by atoms with Crippen LogP contribution >= 0.6 is 0 Å². The predicted octanol–water partition coefficient (Wildman–Crippen LogP) is 2.93. The van der Waals surface area contributed by atoms with Crippen LogP contribution in [0.4, 0.5) is 4.79 Å². The van der Waals surface area contributed by atoms with E-state index in [1.54, 1.807) is 0 Å². The monoisotopic (exact) mass is 288 g/mol. The molecule has 0 spiro atoms. The van der Waals surface area contributed by atoms with Gasteiger partial charge in [0.1, 0.15) is 0 Å². The fourth-order valence-corrected chi connectivity index (χ4v) is 3.17. The highest BCUT2D eigenvalue weighted by molar-refractivity contribution is 5.74. The highest BCUT2D eigenvalue weighted by atomic mass is 16.5. The summed E-state index contributed by atoms with van der Waals surface area (Å²) in [5.74, 6) is 0. The summed E-state index contributed by atoms with van der Waals surface area (Å²) >= 11 is 0. The quantitative estimate of drug-likeness (QED) is 0.925. The summed E-state index contributed by atoms with van der Waals surface area (Å²) in [6, 6.07) is 10.7. The number of hydrogen-bond acceptors (Lipinski definition) is 2. The molecular formula is C17H24N2O2. The van der Waals surface area contributed by atoms with Crippen LogP contribution in [0.15, 0.2) is 30.3 Å². The molecule has 1 heterocycles. The van der Waals surface area contributed by atoms with E-state index in [4.69, 9.17) is 4.74 Å². The van der Waals surface area contributed by atoms with E-state index >= 15 is 0 Å². The molecular weight excluding hydrogens is 264 g/mol. The van der Waals surface area contributed by atoms with Gasteiger partial charge in [-0.25, -0.2) is 4.79 Å². The standard InChI is InChI=1S/C17H24N2O2/c20-17(18-15-8-4-5-9-15)19-11-10-16(12-19)21-13-14-6-2-1-3-7-14/h1-3,6-7,15-16H,4-5,8-13H2,(H,18,20). The van der Waals surface area contributed by atoms with Crippen LogP contribution < -0.4 is 5.32 Å². The Kier molecular flexibility index (Phi) is 4.76. The maximum atomic E-state index is 12.2. The van der Waals surface area contributed by atoms with Crippen LogP contribution in [0.1, 0.15) is 37.7 Å².